The van der Waals surface area contributed by atoms with Crippen molar-refractivity contribution in [3.8, 4) is 21.8 Å². The first-order chi connectivity index (χ1) is 11.9. The van der Waals surface area contributed by atoms with Gasteiger partial charge in [0.05, 0.1) is 16.6 Å². The number of aromatic nitrogens is 3. The van der Waals surface area contributed by atoms with E-state index in [1.54, 1.807) is 18.2 Å². The Morgan fingerprint density at radius 1 is 1.24 bits per heavy atom. The maximum absolute atomic E-state index is 14.2. The van der Waals surface area contributed by atoms with Crippen molar-refractivity contribution < 1.29 is 9.18 Å². The lowest BCUT2D eigenvalue weighted by Crippen LogP contribution is -2.23. The monoisotopic (exact) mass is 358 g/mol. The van der Waals surface area contributed by atoms with Crippen molar-refractivity contribution in [3.63, 3.8) is 0 Å². The summed E-state index contributed by atoms with van der Waals surface area (Å²) in [7, 11) is 0. The second-order valence-corrected chi connectivity index (χ2v) is 6.64. The molecule has 0 spiro atoms. The summed E-state index contributed by atoms with van der Waals surface area (Å²) < 4.78 is 15.5. The highest BCUT2D eigenvalue weighted by Crippen LogP contribution is 2.36. The summed E-state index contributed by atoms with van der Waals surface area (Å²) in [6, 6.07) is 8.89. The van der Waals surface area contributed by atoms with Gasteiger partial charge in [-0.25, -0.2) is 14.1 Å². The lowest BCUT2D eigenvalue weighted by atomic mass is 10.1. The number of hydrogen-bond donors (Lipinski definition) is 1. The van der Waals surface area contributed by atoms with Crippen molar-refractivity contribution in [2.24, 2.45) is 5.73 Å². The topological polar surface area (TPSA) is 90.9 Å². The number of nitrogens with two attached hydrogens (primary N) is 1. The predicted octanol–water partition coefficient (Wildman–Crippen LogP) is 2.85. The molecule has 2 heterocycles. The van der Waals surface area contributed by atoms with Crippen LogP contribution in [0.4, 0.5) is 4.39 Å². The average molecular weight is 358 g/mol. The SMILES string of the molecule is CC(C)n1nc(-c2sc(C(N)=O)nc2-c2ccccc2F)ccc1=O. The van der Waals surface area contributed by atoms with Gasteiger partial charge < -0.3 is 5.73 Å². The standard InChI is InChI=1S/C17H15FN4O2S/c1-9(2)22-13(23)8-7-12(21-22)15-14(20-17(25-15)16(19)24)10-5-3-4-6-11(10)18/h3-9H,1-2H3,(H2,19,24). The molecule has 0 bridgehead atoms. The molecule has 8 heteroatoms. The van der Waals surface area contributed by atoms with Gasteiger partial charge in [-0.1, -0.05) is 12.1 Å². The summed E-state index contributed by atoms with van der Waals surface area (Å²) in [6.45, 7) is 3.66. The first-order valence-corrected chi connectivity index (χ1v) is 8.36. The van der Waals surface area contributed by atoms with Crippen LogP contribution in [0.2, 0.25) is 0 Å². The van der Waals surface area contributed by atoms with Crippen molar-refractivity contribution in [3.05, 3.63) is 57.6 Å². The molecule has 0 saturated heterocycles. The molecule has 2 aromatic heterocycles. The molecule has 0 radical (unpaired) electrons. The van der Waals surface area contributed by atoms with E-state index in [1.165, 1.54) is 22.9 Å². The molecule has 0 aliphatic heterocycles. The van der Waals surface area contributed by atoms with Crippen LogP contribution in [0.25, 0.3) is 21.8 Å². The Morgan fingerprint density at radius 3 is 2.60 bits per heavy atom. The zero-order valence-electron chi connectivity index (χ0n) is 13.6. The number of nitrogens with zero attached hydrogens (tertiary/aromatic N) is 3. The van der Waals surface area contributed by atoms with Crippen LogP contribution >= 0.6 is 11.3 Å². The van der Waals surface area contributed by atoms with Crippen molar-refractivity contribution in [1.29, 1.82) is 0 Å². The van der Waals surface area contributed by atoms with Crippen LogP contribution in [0.5, 0.6) is 0 Å². The minimum absolute atomic E-state index is 0.0531. The molecule has 3 aromatic rings. The van der Waals surface area contributed by atoms with E-state index in [2.05, 4.69) is 10.1 Å². The van der Waals surface area contributed by atoms with Crippen molar-refractivity contribution in [2.75, 3.05) is 0 Å². The number of benzene rings is 1. The zero-order chi connectivity index (χ0) is 18.1. The molecule has 0 unspecified atom stereocenters. The third-order valence-corrected chi connectivity index (χ3v) is 4.61. The van der Waals surface area contributed by atoms with E-state index in [4.69, 9.17) is 5.73 Å². The van der Waals surface area contributed by atoms with Gasteiger partial charge >= 0.3 is 0 Å². The van der Waals surface area contributed by atoms with E-state index in [0.29, 0.717) is 10.6 Å². The molecule has 0 aliphatic carbocycles. The van der Waals surface area contributed by atoms with Gasteiger partial charge in [0.1, 0.15) is 11.5 Å². The van der Waals surface area contributed by atoms with Crippen molar-refractivity contribution in [2.45, 2.75) is 19.9 Å². The minimum atomic E-state index is -0.703. The molecule has 0 saturated carbocycles. The van der Waals surface area contributed by atoms with Gasteiger partial charge in [0.2, 0.25) is 0 Å². The van der Waals surface area contributed by atoms with Crippen molar-refractivity contribution >= 4 is 17.2 Å². The molecule has 0 fully saturated rings. The second-order valence-electron chi connectivity index (χ2n) is 5.64. The van der Waals surface area contributed by atoms with E-state index < -0.39 is 11.7 Å². The highest BCUT2D eigenvalue weighted by Gasteiger charge is 2.21. The number of amides is 1. The summed E-state index contributed by atoms with van der Waals surface area (Å²) in [5, 5.41) is 4.38. The molecular weight excluding hydrogens is 343 g/mol. The largest absolute Gasteiger partial charge is 0.364 e. The first kappa shape index (κ1) is 17.0. The van der Waals surface area contributed by atoms with Gasteiger partial charge in [-0.3, -0.25) is 9.59 Å². The number of rotatable bonds is 4. The predicted molar refractivity (Wildman–Crippen MR) is 93.9 cm³/mol. The quantitative estimate of drug-likeness (QED) is 0.776. The first-order valence-electron chi connectivity index (χ1n) is 7.54. The molecule has 128 valence electrons. The maximum atomic E-state index is 14.2. The highest BCUT2D eigenvalue weighted by atomic mass is 32.1. The smallest absolute Gasteiger partial charge is 0.277 e. The van der Waals surface area contributed by atoms with Crippen LogP contribution in [0, 0.1) is 5.82 Å². The Balaban J connectivity index is 2.26. The zero-order valence-corrected chi connectivity index (χ0v) is 14.4. The van der Waals surface area contributed by atoms with E-state index in [0.717, 1.165) is 11.3 Å². The van der Waals surface area contributed by atoms with Gasteiger partial charge in [0, 0.05) is 11.6 Å². The minimum Gasteiger partial charge on any atom is -0.364 e. The van der Waals surface area contributed by atoms with Crippen LogP contribution in [0.1, 0.15) is 29.7 Å². The lowest BCUT2D eigenvalue weighted by molar-refractivity contribution is 0.1000. The van der Waals surface area contributed by atoms with Gasteiger partial charge in [-0.2, -0.15) is 5.10 Å². The van der Waals surface area contributed by atoms with Crippen LogP contribution < -0.4 is 11.3 Å². The number of hydrogen-bond acceptors (Lipinski definition) is 5. The molecule has 1 amide bonds. The molecule has 3 rings (SSSR count). The molecule has 25 heavy (non-hydrogen) atoms. The molecule has 0 aliphatic rings. The fourth-order valence-electron chi connectivity index (χ4n) is 2.35. The van der Waals surface area contributed by atoms with Gasteiger partial charge in [-0.15, -0.1) is 11.3 Å². The lowest BCUT2D eigenvalue weighted by Gasteiger charge is -2.10. The summed E-state index contributed by atoms with van der Waals surface area (Å²) in [5.74, 6) is -1.17. The van der Waals surface area contributed by atoms with E-state index >= 15 is 0 Å². The number of primary amides is 1. The molecular formula is C17H15FN4O2S. The Bertz CT molecular complexity index is 1010. The second kappa shape index (κ2) is 6.56. The summed E-state index contributed by atoms with van der Waals surface area (Å²) in [5.41, 5.74) is 6.03. The molecule has 6 nitrogen and oxygen atoms in total. The maximum Gasteiger partial charge on any atom is 0.277 e. The number of carbonyl (C=O) groups is 1. The van der Waals surface area contributed by atoms with Crippen LogP contribution in [0.3, 0.4) is 0 Å². The van der Waals surface area contributed by atoms with E-state index in [1.807, 2.05) is 13.8 Å². The number of halogens is 1. The van der Waals surface area contributed by atoms with E-state index in [-0.39, 0.29) is 27.9 Å². The van der Waals surface area contributed by atoms with Gasteiger partial charge in [-0.05, 0) is 32.0 Å². The Kier molecular flexibility index (Phi) is 4.45. The van der Waals surface area contributed by atoms with Gasteiger partial charge in [0.15, 0.2) is 5.01 Å². The normalized spacial score (nSPS) is 11.0. The Hall–Kier alpha value is -2.87. The number of thiazole rings is 1. The summed E-state index contributed by atoms with van der Waals surface area (Å²) in [6.07, 6.45) is 0. The highest BCUT2D eigenvalue weighted by molar-refractivity contribution is 7.17. The molecule has 1 aromatic carbocycles. The van der Waals surface area contributed by atoms with Crippen LogP contribution in [0.15, 0.2) is 41.2 Å². The third kappa shape index (κ3) is 3.20. The van der Waals surface area contributed by atoms with Crippen LogP contribution in [-0.4, -0.2) is 20.7 Å². The number of carbonyl (C=O) groups excluding carboxylic acids is 1. The van der Waals surface area contributed by atoms with Gasteiger partial charge in [0.25, 0.3) is 11.5 Å². The summed E-state index contributed by atoms with van der Waals surface area (Å²) in [4.78, 5) is 28.1. The van der Waals surface area contributed by atoms with E-state index in [9.17, 15) is 14.0 Å². The summed E-state index contributed by atoms with van der Waals surface area (Å²) >= 11 is 1.02. The Morgan fingerprint density at radius 2 is 1.96 bits per heavy atom. The fraction of sp³-hybridized carbons (Fsp3) is 0.176. The fourth-order valence-corrected chi connectivity index (χ4v) is 3.25. The third-order valence-electron chi connectivity index (χ3n) is 3.51. The molecule has 2 N–H and O–H groups in total. The Labute approximate surface area is 146 Å². The van der Waals surface area contributed by atoms with Crippen LogP contribution in [-0.2, 0) is 0 Å². The molecule has 0 atom stereocenters. The average Bonchev–Trinajstić information content (AvgIpc) is 3.01. The van der Waals surface area contributed by atoms with Crippen molar-refractivity contribution in [1.82, 2.24) is 14.8 Å².